The molecule has 0 aliphatic rings. The number of thioether (sulfide) groups is 1. The van der Waals surface area contributed by atoms with Crippen molar-refractivity contribution >= 4 is 51.7 Å². The molecule has 3 rings (SSSR count). The first-order valence-electron chi connectivity index (χ1n) is 8.62. The summed E-state index contributed by atoms with van der Waals surface area (Å²) >= 11 is 7.63. The second-order valence-electron chi connectivity index (χ2n) is 6.26. The summed E-state index contributed by atoms with van der Waals surface area (Å²) in [4.78, 5) is 25.0. The molecular formula is C20H20ClN3O3S. The molecule has 0 bridgehead atoms. The van der Waals surface area contributed by atoms with E-state index in [4.69, 9.17) is 16.3 Å². The lowest BCUT2D eigenvalue weighted by molar-refractivity contribution is -0.144. The molecule has 0 spiro atoms. The van der Waals surface area contributed by atoms with Crippen LogP contribution in [0.15, 0.2) is 41.3 Å². The molecule has 0 radical (unpaired) electrons. The lowest BCUT2D eigenvalue weighted by atomic mass is 10.1. The van der Waals surface area contributed by atoms with Crippen molar-refractivity contribution < 1.29 is 14.3 Å². The quantitative estimate of drug-likeness (QED) is 0.482. The highest BCUT2D eigenvalue weighted by Crippen LogP contribution is 2.33. The minimum atomic E-state index is -0.469. The van der Waals surface area contributed by atoms with Gasteiger partial charge in [0.05, 0.1) is 22.8 Å². The zero-order valence-electron chi connectivity index (χ0n) is 15.8. The molecule has 0 saturated heterocycles. The van der Waals surface area contributed by atoms with Gasteiger partial charge >= 0.3 is 5.97 Å². The first kappa shape index (κ1) is 20.2. The average Bonchev–Trinajstić information content (AvgIpc) is 2.91. The Bertz CT molecular complexity index is 1040. The number of ether oxygens (including phenoxy) is 1. The van der Waals surface area contributed by atoms with E-state index in [1.54, 1.807) is 18.7 Å². The fourth-order valence-corrected chi connectivity index (χ4v) is 4.08. The number of carbonyl (C=O) groups excluding carboxylic acids is 2. The maximum absolute atomic E-state index is 12.1. The number of amides is 1. The Hall–Kier alpha value is -2.51. The van der Waals surface area contributed by atoms with Gasteiger partial charge in [0.15, 0.2) is 6.61 Å². The van der Waals surface area contributed by atoms with E-state index in [1.165, 1.54) is 11.8 Å². The first-order chi connectivity index (χ1) is 13.4. The predicted octanol–water partition coefficient (Wildman–Crippen LogP) is 4.12. The molecule has 0 unspecified atom stereocenters. The number of aromatic nitrogens is 2. The Morgan fingerprint density at radius 1 is 1.21 bits per heavy atom. The van der Waals surface area contributed by atoms with Crippen LogP contribution in [0.5, 0.6) is 0 Å². The number of aryl methyl sites for hydroxylation is 2. The molecule has 1 amide bonds. The van der Waals surface area contributed by atoms with E-state index in [2.05, 4.69) is 10.4 Å². The summed E-state index contributed by atoms with van der Waals surface area (Å²) in [6.45, 7) is 3.32. The zero-order chi connectivity index (χ0) is 20.3. The Kier molecular flexibility index (Phi) is 6.26. The fraction of sp³-hybridized carbons (Fsp3) is 0.250. The third-order valence-electron chi connectivity index (χ3n) is 4.30. The second kappa shape index (κ2) is 8.67. The van der Waals surface area contributed by atoms with Crippen LogP contribution in [0.3, 0.4) is 0 Å². The minimum absolute atomic E-state index is 0.0859. The summed E-state index contributed by atoms with van der Waals surface area (Å²) in [5.74, 6) is -0.780. The van der Waals surface area contributed by atoms with Gasteiger partial charge < -0.3 is 10.1 Å². The van der Waals surface area contributed by atoms with Crippen molar-refractivity contribution in [1.29, 1.82) is 0 Å². The molecule has 0 aliphatic heterocycles. The smallest absolute Gasteiger partial charge is 0.316 e. The normalized spacial score (nSPS) is 10.9. The van der Waals surface area contributed by atoms with Crippen molar-refractivity contribution in [2.75, 3.05) is 17.7 Å². The summed E-state index contributed by atoms with van der Waals surface area (Å²) in [6, 6.07) is 11.5. The molecule has 1 aromatic heterocycles. The molecule has 2 aromatic carbocycles. The lowest BCUT2D eigenvalue weighted by Gasteiger charge is -2.09. The number of nitrogens with zero attached hydrogens (tertiary/aromatic N) is 2. The number of fused-ring (bicyclic) bond motifs is 1. The van der Waals surface area contributed by atoms with Crippen LogP contribution >= 0.6 is 23.4 Å². The number of nitrogens with one attached hydrogen (secondary N) is 1. The zero-order valence-corrected chi connectivity index (χ0v) is 17.4. The third kappa shape index (κ3) is 4.48. The van der Waals surface area contributed by atoms with Crippen molar-refractivity contribution in [3.8, 4) is 0 Å². The molecule has 0 saturated carbocycles. The van der Waals surface area contributed by atoms with Crippen LogP contribution in [0.2, 0.25) is 5.02 Å². The van der Waals surface area contributed by atoms with Gasteiger partial charge in [0.25, 0.3) is 5.91 Å². The maximum atomic E-state index is 12.1. The second-order valence-corrected chi connectivity index (χ2v) is 7.69. The van der Waals surface area contributed by atoms with E-state index in [0.717, 1.165) is 21.4 Å². The fourth-order valence-electron chi connectivity index (χ4n) is 2.84. The monoisotopic (exact) mass is 417 g/mol. The molecule has 1 N–H and O–H groups in total. The lowest BCUT2D eigenvalue weighted by Crippen LogP contribution is -2.22. The highest BCUT2D eigenvalue weighted by molar-refractivity contribution is 8.00. The molecule has 3 aromatic rings. The number of halogens is 1. The largest absolute Gasteiger partial charge is 0.455 e. The van der Waals surface area contributed by atoms with Crippen molar-refractivity contribution in [2.45, 2.75) is 18.7 Å². The van der Waals surface area contributed by atoms with E-state index in [1.807, 2.05) is 43.3 Å². The van der Waals surface area contributed by atoms with E-state index >= 15 is 0 Å². The first-order valence-corrected chi connectivity index (χ1v) is 9.99. The molecule has 6 nitrogen and oxygen atoms in total. The van der Waals surface area contributed by atoms with Crippen molar-refractivity contribution in [3.05, 3.63) is 52.8 Å². The van der Waals surface area contributed by atoms with E-state index in [9.17, 15) is 9.59 Å². The van der Waals surface area contributed by atoms with E-state index in [0.29, 0.717) is 16.4 Å². The Morgan fingerprint density at radius 2 is 1.93 bits per heavy atom. The number of carbonyl (C=O) groups is 2. The summed E-state index contributed by atoms with van der Waals surface area (Å²) in [5, 5.41) is 9.52. The summed E-state index contributed by atoms with van der Waals surface area (Å²) < 4.78 is 6.78. The van der Waals surface area contributed by atoms with Gasteiger partial charge in [-0.15, -0.1) is 11.8 Å². The van der Waals surface area contributed by atoms with Crippen LogP contribution in [0.1, 0.15) is 11.4 Å². The Balaban J connectivity index is 1.55. The molecular weight excluding hydrogens is 398 g/mol. The van der Waals surface area contributed by atoms with Gasteiger partial charge in [-0.1, -0.05) is 35.9 Å². The molecule has 0 fully saturated rings. The van der Waals surface area contributed by atoms with Crippen LogP contribution in [-0.4, -0.2) is 34.0 Å². The molecule has 0 atom stereocenters. The highest BCUT2D eigenvalue weighted by Gasteiger charge is 2.15. The molecule has 8 heteroatoms. The van der Waals surface area contributed by atoms with Gasteiger partial charge in [0.2, 0.25) is 0 Å². The SMILES string of the molecule is Cc1nn(C)c(C)c1NC(=O)COC(=O)CSc1cccc2cccc(Cl)c12. The number of esters is 1. The summed E-state index contributed by atoms with van der Waals surface area (Å²) in [7, 11) is 1.80. The van der Waals surface area contributed by atoms with Crippen molar-refractivity contribution in [1.82, 2.24) is 9.78 Å². The standard InChI is InChI=1S/C20H20ClN3O3S/c1-12-20(13(2)24(3)23-12)22-17(25)10-27-18(26)11-28-16-9-5-7-14-6-4-8-15(21)19(14)16/h4-9H,10-11H2,1-3H3,(H,22,25). The number of anilines is 1. The van der Waals surface area contributed by atoms with Crippen LogP contribution in [-0.2, 0) is 21.4 Å². The van der Waals surface area contributed by atoms with Crippen LogP contribution in [0.4, 0.5) is 5.69 Å². The Morgan fingerprint density at radius 3 is 2.61 bits per heavy atom. The molecule has 28 heavy (non-hydrogen) atoms. The van der Waals surface area contributed by atoms with Gasteiger partial charge in [-0.2, -0.15) is 5.10 Å². The van der Waals surface area contributed by atoms with Gasteiger partial charge in [0.1, 0.15) is 0 Å². The number of hydrogen-bond acceptors (Lipinski definition) is 5. The summed E-state index contributed by atoms with van der Waals surface area (Å²) in [6.07, 6.45) is 0. The van der Waals surface area contributed by atoms with Gasteiger partial charge in [-0.25, -0.2) is 0 Å². The minimum Gasteiger partial charge on any atom is -0.455 e. The number of hydrogen-bond donors (Lipinski definition) is 1. The van der Waals surface area contributed by atoms with Crippen LogP contribution < -0.4 is 5.32 Å². The van der Waals surface area contributed by atoms with Crippen molar-refractivity contribution in [2.24, 2.45) is 7.05 Å². The molecule has 1 heterocycles. The topological polar surface area (TPSA) is 73.2 Å². The van der Waals surface area contributed by atoms with Gasteiger partial charge in [-0.05, 0) is 31.4 Å². The number of benzene rings is 2. The van der Waals surface area contributed by atoms with Gasteiger partial charge in [-0.3, -0.25) is 14.3 Å². The average molecular weight is 418 g/mol. The molecule has 0 aliphatic carbocycles. The summed E-state index contributed by atoms with van der Waals surface area (Å²) in [5.41, 5.74) is 2.19. The maximum Gasteiger partial charge on any atom is 0.316 e. The molecule has 146 valence electrons. The van der Waals surface area contributed by atoms with Crippen LogP contribution in [0, 0.1) is 13.8 Å². The highest BCUT2D eigenvalue weighted by atomic mass is 35.5. The number of rotatable bonds is 6. The Labute approximate surface area is 172 Å². The third-order valence-corrected chi connectivity index (χ3v) is 5.65. The van der Waals surface area contributed by atoms with Gasteiger partial charge in [0, 0.05) is 22.4 Å². The van der Waals surface area contributed by atoms with E-state index in [-0.39, 0.29) is 12.4 Å². The van der Waals surface area contributed by atoms with E-state index < -0.39 is 11.9 Å². The van der Waals surface area contributed by atoms with Crippen LogP contribution in [0.25, 0.3) is 10.8 Å². The predicted molar refractivity (Wildman–Crippen MR) is 112 cm³/mol. The van der Waals surface area contributed by atoms with Crippen molar-refractivity contribution in [3.63, 3.8) is 0 Å².